The van der Waals surface area contributed by atoms with Gasteiger partial charge in [0.1, 0.15) is 17.3 Å². The molecule has 0 atom stereocenters. The first-order valence-electron chi connectivity index (χ1n) is 7.81. The summed E-state index contributed by atoms with van der Waals surface area (Å²) in [4.78, 5) is 27.7. The van der Waals surface area contributed by atoms with Crippen LogP contribution < -0.4 is 15.4 Å². The van der Waals surface area contributed by atoms with Crippen molar-refractivity contribution in [3.63, 3.8) is 0 Å². The number of nitrogens with one attached hydrogen (secondary N) is 2. The zero-order valence-electron chi connectivity index (χ0n) is 14.1. The highest BCUT2D eigenvalue weighted by molar-refractivity contribution is 6.33. The van der Waals surface area contributed by atoms with Crippen molar-refractivity contribution in [2.24, 2.45) is 0 Å². The summed E-state index contributed by atoms with van der Waals surface area (Å²) in [5, 5.41) is 5.37. The lowest BCUT2D eigenvalue weighted by molar-refractivity contribution is -0.122. The molecular formula is C18H16Cl2FN3O3. The van der Waals surface area contributed by atoms with Gasteiger partial charge >= 0.3 is 0 Å². The van der Waals surface area contributed by atoms with E-state index in [1.807, 2.05) is 0 Å². The van der Waals surface area contributed by atoms with Crippen LogP contribution in [0.25, 0.3) is 0 Å². The highest BCUT2D eigenvalue weighted by Crippen LogP contribution is 2.20. The molecule has 9 heteroatoms. The Morgan fingerprint density at radius 2 is 2.00 bits per heavy atom. The first kappa shape index (κ1) is 20.7. The van der Waals surface area contributed by atoms with E-state index in [4.69, 9.17) is 27.9 Å². The normalized spacial score (nSPS) is 10.2. The van der Waals surface area contributed by atoms with E-state index >= 15 is 0 Å². The Labute approximate surface area is 165 Å². The summed E-state index contributed by atoms with van der Waals surface area (Å²) in [5.74, 6) is -1.35. The van der Waals surface area contributed by atoms with E-state index in [0.29, 0.717) is 12.1 Å². The molecule has 1 aromatic heterocycles. The Balaban J connectivity index is 1.70. The average molecular weight is 412 g/mol. The lowest BCUT2D eigenvalue weighted by Crippen LogP contribution is -2.31. The smallest absolute Gasteiger partial charge is 0.271 e. The Kier molecular flexibility index (Phi) is 7.57. The molecular weight excluding hydrogens is 396 g/mol. The number of pyridine rings is 1. The predicted molar refractivity (Wildman–Crippen MR) is 100 cm³/mol. The summed E-state index contributed by atoms with van der Waals surface area (Å²) < 4.78 is 18.5. The zero-order valence-corrected chi connectivity index (χ0v) is 15.6. The van der Waals surface area contributed by atoms with Gasteiger partial charge in [-0.05, 0) is 24.3 Å². The van der Waals surface area contributed by atoms with Gasteiger partial charge in [-0.2, -0.15) is 0 Å². The topological polar surface area (TPSA) is 80.3 Å². The lowest BCUT2D eigenvalue weighted by Gasteiger charge is -2.11. The van der Waals surface area contributed by atoms with E-state index in [0.717, 1.165) is 6.07 Å². The summed E-state index contributed by atoms with van der Waals surface area (Å²) in [5.41, 5.74) is 0.510. The molecule has 0 unspecified atom stereocenters. The lowest BCUT2D eigenvalue weighted by atomic mass is 10.3. The van der Waals surface area contributed by atoms with E-state index in [1.54, 1.807) is 12.1 Å². The predicted octanol–water partition coefficient (Wildman–Crippen LogP) is 3.36. The monoisotopic (exact) mass is 411 g/mol. The van der Waals surface area contributed by atoms with Gasteiger partial charge in [-0.3, -0.25) is 9.59 Å². The molecule has 0 saturated heterocycles. The van der Waals surface area contributed by atoms with Gasteiger partial charge in [0.05, 0.1) is 10.0 Å². The number of nitrogens with zero attached hydrogens (tertiary/aromatic N) is 1. The van der Waals surface area contributed by atoms with Crippen molar-refractivity contribution in [3.05, 3.63) is 70.4 Å². The van der Waals surface area contributed by atoms with Crippen LogP contribution in [0.15, 0.2) is 48.8 Å². The van der Waals surface area contributed by atoms with Crippen molar-refractivity contribution >= 4 is 35.0 Å². The van der Waals surface area contributed by atoms with Gasteiger partial charge in [-0.15, -0.1) is 0 Å². The number of carbonyl (C=O) groups is 2. The van der Waals surface area contributed by atoms with E-state index in [1.165, 1.54) is 18.3 Å². The maximum Gasteiger partial charge on any atom is 0.271 e. The molecule has 2 amide bonds. The van der Waals surface area contributed by atoms with Crippen molar-refractivity contribution < 1.29 is 18.7 Å². The number of rotatable bonds is 8. The Bertz CT molecular complexity index is 861. The fourth-order valence-corrected chi connectivity index (χ4v) is 2.30. The van der Waals surface area contributed by atoms with Crippen molar-refractivity contribution in [2.75, 3.05) is 13.2 Å². The molecule has 0 spiro atoms. The molecule has 1 aromatic carbocycles. The maximum atomic E-state index is 13.3. The summed E-state index contributed by atoms with van der Waals surface area (Å²) in [6, 6.07) is 7.06. The van der Waals surface area contributed by atoms with Gasteiger partial charge in [-0.1, -0.05) is 29.8 Å². The van der Waals surface area contributed by atoms with Crippen LogP contribution in [-0.2, 0) is 4.79 Å². The number of hydrogen-bond acceptors (Lipinski definition) is 4. The second kappa shape index (κ2) is 9.89. The minimum atomic E-state index is -0.636. The highest BCUT2D eigenvalue weighted by Gasteiger charge is 2.11. The summed E-state index contributed by atoms with van der Waals surface area (Å²) >= 11 is 11.5. The van der Waals surface area contributed by atoms with Crippen LogP contribution in [0.2, 0.25) is 10.0 Å². The number of benzene rings is 1. The molecule has 2 N–H and O–H groups in total. The number of halogens is 3. The first-order chi connectivity index (χ1) is 12.9. The van der Waals surface area contributed by atoms with E-state index in [9.17, 15) is 14.0 Å². The summed E-state index contributed by atoms with van der Waals surface area (Å²) in [6.45, 7) is 3.61. The quantitative estimate of drug-likeness (QED) is 0.697. The zero-order chi connectivity index (χ0) is 19.8. The molecule has 2 rings (SSSR count). The third-order valence-corrected chi connectivity index (χ3v) is 3.87. The van der Waals surface area contributed by atoms with Crippen LogP contribution in [0.5, 0.6) is 5.75 Å². The largest absolute Gasteiger partial charge is 0.484 e. The highest BCUT2D eigenvalue weighted by atomic mass is 35.5. The van der Waals surface area contributed by atoms with Gasteiger partial charge < -0.3 is 15.4 Å². The number of aromatic nitrogens is 1. The summed E-state index contributed by atoms with van der Waals surface area (Å²) in [6.07, 6.45) is 1.77. The Morgan fingerprint density at radius 3 is 2.70 bits per heavy atom. The maximum absolute atomic E-state index is 13.3. The number of carbonyl (C=O) groups excluding carboxylic acids is 2. The first-order valence-corrected chi connectivity index (χ1v) is 8.56. The molecule has 0 aliphatic heterocycles. The van der Waals surface area contributed by atoms with Gasteiger partial charge in [-0.25, -0.2) is 9.37 Å². The fourth-order valence-electron chi connectivity index (χ4n) is 1.97. The van der Waals surface area contributed by atoms with Crippen LogP contribution in [0.4, 0.5) is 4.39 Å². The number of hydrogen-bond donors (Lipinski definition) is 2. The SMILES string of the molecule is C=C(CCNC(=O)c1ncccc1Cl)NC(=O)COc1ccc(Cl)c(F)c1. The second-order valence-electron chi connectivity index (χ2n) is 5.36. The van der Waals surface area contributed by atoms with Crippen molar-refractivity contribution in [3.8, 4) is 5.75 Å². The molecule has 0 aliphatic rings. The summed E-state index contributed by atoms with van der Waals surface area (Å²) in [7, 11) is 0. The minimum Gasteiger partial charge on any atom is -0.484 e. The van der Waals surface area contributed by atoms with Crippen molar-refractivity contribution in [1.82, 2.24) is 15.6 Å². The van der Waals surface area contributed by atoms with E-state index in [2.05, 4.69) is 22.2 Å². The molecule has 0 radical (unpaired) electrons. The Hall–Kier alpha value is -2.64. The van der Waals surface area contributed by atoms with Crippen LogP contribution in [0, 0.1) is 5.82 Å². The van der Waals surface area contributed by atoms with Crippen LogP contribution in [0.3, 0.4) is 0 Å². The van der Waals surface area contributed by atoms with Gasteiger partial charge in [0.25, 0.3) is 11.8 Å². The van der Waals surface area contributed by atoms with Gasteiger partial charge in [0, 0.05) is 30.9 Å². The van der Waals surface area contributed by atoms with Crippen molar-refractivity contribution in [1.29, 1.82) is 0 Å². The molecule has 0 saturated carbocycles. The van der Waals surface area contributed by atoms with Crippen LogP contribution >= 0.6 is 23.2 Å². The van der Waals surface area contributed by atoms with Crippen LogP contribution in [-0.4, -0.2) is 29.9 Å². The van der Waals surface area contributed by atoms with Crippen LogP contribution in [0.1, 0.15) is 16.9 Å². The molecule has 6 nitrogen and oxygen atoms in total. The Morgan fingerprint density at radius 1 is 1.22 bits per heavy atom. The molecule has 0 fully saturated rings. The standard InChI is InChI=1S/C18H16Cl2FN3O3/c1-11(6-8-23-18(26)17-14(20)3-2-7-22-17)24-16(25)10-27-12-4-5-13(19)15(21)9-12/h2-5,7,9H,1,6,8,10H2,(H,23,26)(H,24,25). The van der Waals surface area contributed by atoms with Crippen molar-refractivity contribution in [2.45, 2.75) is 6.42 Å². The third kappa shape index (κ3) is 6.54. The number of ether oxygens (including phenoxy) is 1. The van der Waals surface area contributed by atoms with E-state index in [-0.39, 0.29) is 34.6 Å². The molecule has 0 aliphatic carbocycles. The molecule has 142 valence electrons. The number of amides is 2. The minimum absolute atomic E-state index is 0.0331. The average Bonchev–Trinajstić information content (AvgIpc) is 2.63. The third-order valence-electron chi connectivity index (χ3n) is 3.26. The molecule has 27 heavy (non-hydrogen) atoms. The van der Waals surface area contributed by atoms with Gasteiger partial charge in [0.2, 0.25) is 0 Å². The second-order valence-corrected chi connectivity index (χ2v) is 6.17. The fraction of sp³-hybridized carbons (Fsp3) is 0.167. The molecule has 2 aromatic rings. The van der Waals surface area contributed by atoms with E-state index < -0.39 is 17.6 Å². The molecule has 1 heterocycles. The molecule has 0 bridgehead atoms. The van der Waals surface area contributed by atoms with Gasteiger partial charge in [0.15, 0.2) is 6.61 Å².